The zero-order valence-electron chi connectivity index (χ0n) is 15.4. The molecular formula is C21H13F3N2O3S. The number of hydrogen-bond donors (Lipinski definition) is 1. The summed E-state index contributed by atoms with van der Waals surface area (Å²) in [6.45, 7) is 1.40. The van der Waals surface area contributed by atoms with Crippen LogP contribution >= 0.6 is 11.3 Å². The Bertz CT molecular complexity index is 1330. The van der Waals surface area contributed by atoms with E-state index in [1.807, 2.05) is 0 Å². The van der Waals surface area contributed by atoms with E-state index >= 15 is 0 Å². The van der Waals surface area contributed by atoms with Gasteiger partial charge in [0, 0.05) is 28.6 Å². The number of ketones is 1. The van der Waals surface area contributed by atoms with Crippen molar-refractivity contribution in [2.24, 2.45) is 0 Å². The number of thiophene rings is 1. The molecule has 4 rings (SSSR count). The average molecular weight is 430 g/mol. The smallest absolute Gasteiger partial charge is 0.337 e. The number of fused-ring (bicyclic) bond motifs is 1. The van der Waals surface area contributed by atoms with Crippen molar-refractivity contribution in [2.45, 2.75) is 13.3 Å². The molecule has 0 amide bonds. The van der Waals surface area contributed by atoms with Gasteiger partial charge in [-0.3, -0.25) is 4.79 Å². The second kappa shape index (κ2) is 7.42. The predicted octanol–water partition coefficient (Wildman–Crippen LogP) is 4.91. The van der Waals surface area contributed by atoms with Crippen LogP contribution in [0.2, 0.25) is 0 Å². The number of halogens is 3. The Hall–Kier alpha value is -3.46. The van der Waals surface area contributed by atoms with Gasteiger partial charge in [0.05, 0.1) is 5.56 Å². The Kier molecular flexibility index (Phi) is 4.90. The van der Waals surface area contributed by atoms with Crippen LogP contribution in [0.1, 0.15) is 31.3 Å². The van der Waals surface area contributed by atoms with Gasteiger partial charge in [0.2, 0.25) is 0 Å². The molecule has 3 heterocycles. The maximum atomic E-state index is 14.4. The fourth-order valence-electron chi connectivity index (χ4n) is 3.17. The molecule has 0 aliphatic carbocycles. The van der Waals surface area contributed by atoms with Crippen molar-refractivity contribution in [1.29, 1.82) is 0 Å². The quantitative estimate of drug-likeness (QED) is 0.457. The van der Waals surface area contributed by atoms with Crippen molar-refractivity contribution in [3.63, 3.8) is 0 Å². The lowest BCUT2D eigenvalue weighted by atomic mass is 9.99. The number of rotatable bonds is 5. The lowest BCUT2D eigenvalue weighted by molar-refractivity contribution is 0.0697. The molecule has 1 N–H and O–H groups in total. The Morgan fingerprint density at radius 2 is 1.90 bits per heavy atom. The van der Waals surface area contributed by atoms with Gasteiger partial charge in [-0.25, -0.2) is 22.5 Å². The molecule has 3 aromatic heterocycles. The Labute approximate surface area is 172 Å². The fraction of sp³-hybridized carbons (Fsp3) is 0.0952. The number of aromatic carboxylic acids is 1. The maximum absolute atomic E-state index is 14.4. The van der Waals surface area contributed by atoms with Gasteiger partial charge in [-0.05, 0) is 36.1 Å². The summed E-state index contributed by atoms with van der Waals surface area (Å²) in [5, 5.41) is 15.1. The minimum absolute atomic E-state index is 0.00672. The molecule has 0 fully saturated rings. The first-order chi connectivity index (χ1) is 14.3. The molecule has 9 heteroatoms. The van der Waals surface area contributed by atoms with Gasteiger partial charge >= 0.3 is 5.97 Å². The highest BCUT2D eigenvalue weighted by atomic mass is 32.1. The summed E-state index contributed by atoms with van der Waals surface area (Å²) in [7, 11) is 0. The first-order valence-corrected chi connectivity index (χ1v) is 9.61. The molecule has 4 aromatic rings. The van der Waals surface area contributed by atoms with E-state index in [-0.39, 0.29) is 44.8 Å². The van der Waals surface area contributed by atoms with Gasteiger partial charge in [-0.15, -0.1) is 11.3 Å². The SMILES string of the molecule is Cc1ccc(-c2csc(CC(=O)c3cc4c(F)cccn4n3)c2C(=O)O)c(F)c1F. The van der Waals surface area contributed by atoms with Crippen molar-refractivity contribution in [3.8, 4) is 11.1 Å². The number of hydrogen-bond acceptors (Lipinski definition) is 4. The zero-order valence-corrected chi connectivity index (χ0v) is 16.3. The average Bonchev–Trinajstić information content (AvgIpc) is 3.31. The molecule has 0 radical (unpaired) electrons. The van der Waals surface area contributed by atoms with Gasteiger partial charge in [0.25, 0.3) is 0 Å². The van der Waals surface area contributed by atoms with Crippen LogP contribution in [0.15, 0.2) is 41.9 Å². The second-order valence-corrected chi connectivity index (χ2v) is 7.59. The van der Waals surface area contributed by atoms with Crippen LogP contribution in [0.3, 0.4) is 0 Å². The molecule has 30 heavy (non-hydrogen) atoms. The third-order valence-electron chi connectivity index (χ3n) is 4.70. The van der Waals surface area contributed by atoms with Crippen LogP contribution in [0.25, 0.3) is 16.6 Å². The highest BCUT2D eigenvalue weighted by Crippen LogP contribution is 2.35. The van der Waals surface area contributed by atoms with Crippen molar-refractivity contribution in [3.05, 3.63) is 81.1 Å². The number of carboxylic acids is 1. The molecule has 0 aliphatic heterocycles. The molecule has 5 nitrogen and oxygen atoms in total. The number of aromatic nitrogens is 2. The Balaban J connectivity index is 1.73. The lowest BCUT2D eigenvalue weighted by Gasteiger charge is -2.07. The predicted molar refractivity (Wildman–Crippen MR) is 105 cm³/mol. The van der Waals surface area contributed by atoms with Crippen molar-refractivity contribution in [1.82, 2.24) is 9.61 Å². The first kappa shape index (κ1) is 19.8. The van der Waals surface area contributed by atoms with E-state index in [1.165, 1.54) is 53.3 Å². The van der Waals surface area contributed by atoms with Crippen molar-refractivity contribution >= 4 is 28.6 Å². The number of nitrogens with zero attached hydrogens (tertiary/aromatic N) is 2. The van der Waals surface area contributed by atoms with Gasteiger partial charge < -0.3 is 5.11 Å². The second-order valence-electron chi connectivity index (χ2n) is 6.63. The standard InChI is InChI=1S/C21H13F3N2O3S/c1-10-4-5-11(20(24)19(10)23)12-9-30-17(18(12)21(28)29)8-16(27)14-7-15-13(22)3-2-6-26(15)25-14/h2-7,9H,8H2,1H3,(H,28,29). The molecule has 0 aliphatic rings. The third kappa shape index (κ3) is 3.26. The summed E-state index contributed by atoms with van der Waals surface area (Å²) in [5.41, 5.74) is -0.293. The molecule has 152 valence electrons. The summed E-state index contributed by atoms with van der Waals surface area (Å²) < 4.78 is 43.4. The van der Waals surface area contributed by atoms with E-state index in [4.69, 9.17) is 0 Å². The number of benzene rings is 1. The number of carboxylic acid groups (broad SMARTS) is 1. The van der Waals surface area contributed by atoms with Gasteiger partial charge in [0.1, 0.15) is 17.0 Å². The number of Topliss-reactive ketones (excluding diaryl/α,β-unsaturated/α-hetero) is 1. The lowest BCUT2D eigenvalue weighted by Crippen LogP contribution is -2.08. The van der Waals surface area contributed by atoms with E-state index in [1.54, 1.807) is 0 Å². The van der Waals surface area contributed by atoms with Crippen LogP contribution < -0.4 is 0 Å². The van der Waals surface area contributed by atoms with Crippen molar-refractivity contribution < 1.29 is 27.9 Å². The minimum atomic E-state index is -1.37. The Morgan fingerprint density at radius 1 is 1.13 bits per heavy atom. The monoisotopic (exact) mass is 430 g/mol. The molecule has 0 bridgehead atoms. The number of carbonyl (C=O) groups excluding carboxylic acids is 1. The number of aryl methyl sites for hydroxylation is 1. The molecule has 0 spiro atoms. The highest BCUT2D eigenvalue weighted by Gasteiger charge is 2.25. The van der Waals surface area contributed by atoms with Crippen LogP contribution in [0, 0.1) is 24.4 Å². The van der Waals surface area contributed by atoms with E-state index in [0.29, 0.717) is 0 Å². The van der Waals surface area contributed by atoms with E-state index in [0.717, 1.165) is 11.3 Å². The van der Waals surface area contributed by atoms with Crippen LogP contribution in [0.4, 0.5) is 13.2 Å². The number of pyridine rings is 1. The fourth-order valence-corrected chi connectivity index (χ4v) is 4.20. The summed E-state index contributed by atoms with van der Waals surface area (Å²) in [4.78, 5) is 24.7. The van der Waals surface area contributed by atoms with Crippen molar-refractivity contribution in [2.75, 3.05) is 0 Å². The molecule has 0 saturated heterocycles. The molecular weight excluding hydrogens is 417 g/mol. The van der Waals surface area contributed by atoms with Crippen LogP contribution in [-0.2, 0) is 6.42 Å². The summed E-state index contributed by atoms with van der Waals surface area (Å²) in [6, 6.07) is 6.61. The number of carbonyl (C=O) groups is 2. The summed E-state index contributed by atoms with van der Waals surface area (Å²) in [5.74, 6) is -4.64. The largest absolute Gasteiger partial charge is 0.478 e. The Morgan fingerprint density at radius 3 is 2.60 bits per heavy atom. The van der Waals surface area contributed by atoms with E-state index < -0.39 is 29.2 Å². The van der Waals surface area contributed by atoms with Crippen LogP contribution in [0.5, 0.6) is 0 Å². The van der Waals surface area contributed by atoms with Gasteiger partial charge in [0.15, 0.2) is 17.4 Å². The van der Waals surface area contributed by atoms with Gasteiger partial charge in [-0.2, -0.15) is 5.10 Å². The third-order valence-corrected chi connectivity index (χ3v) is 5.69. The maximum Gasteiger partial charge on any atom is 0.337 e. The zero-order chi connectivity index (χ0) is 21.6. The van der Waals surface area contributed by atoms with Crippen LogP contribution in [-0.4, -0.2) is 26.5 Å². The molecule has 0 saturated carbocycles. The van der Waals surface area contributed by atoms with E-state index in [2.05, 4.69) is 5.10 Å². The summed E-state index contributed by atoms with van der Waals surface area (Å²) >= 11 is 0.952. The van der Waals surface area contributed by atoms with E-state index in [9.17, 15) is 27.9 Å². The summed E-state index contributed by atoms with van der Waals surface area (Å²) in [6.07, 6.45) is 1.16. The minimum Gasteiger partial charge on any atom is -0.478 e. The topological polar surface area (TPSA) is 71.7 Å². The first-order valence-electron chi connectivity index (χ1n) is 8.73. The molecule has 0 atom stereocenters. The molecule has 0 unspecified atom stereocenters. The van der Waals surface area contributed by atoms with Gasteiger partial charge in [-0.1, -0.05) is 12.1 Å². The highest BCUT2D eigenvalue weighted by molar-refractivity contribution is 7.11. The molecule has 1 aromatic carbocycles. The normalized spacial score (nSPS) is 11.2.